The topological polar surface area (TPSA) is 97.1 Å². The predicted octanol–water partition coefficient (Wildman–Crippen LogP) is 3.00. The second kappa shape index (κ2) is 9.61. The first-order valence-electron chi connectivity index (χ1n) is 9.41. The molecule has 1 aromatic heterocycles. The molecule has 0 saturated heterocycles. The fraction of sp³-hybridized carbons (Fsp3) is 0.174. The average Bonchev–Trinajstić information content (AvgIpc) is 2.74. The van der Waals surface area contributed by atoms with Crippen LogP contribution in [0.3, 0.4) is 0 Å². The van der Waals surface area contributed by atoms with Gasteiger partial charge in [-0.2, -0.15) is 0 Å². The molecule has 6 heteroatoms. The Labute approximate surface area is 170 Å². The van der Waals surface area contributed by atoms with E-state index in [1.807, 2.05) is 31.2 Å². The van der Waals surface area contributed by atoms with Gasteiger partial charge >= 0.3 is 0 Å². The van der Waals surface area contributed by atoms with Crippen molar-refractivity contribution in [2.75, 3.05) is 11.9 Å². The third-order valence-corrected chi connectivity index (χ3v) is 4.67. The number of nitrogens with zero attached hydrogens (tertiary/aromatic N) is 1. The standard InChI is InChI=1S/C23H24N4O2/c1-16-4-2-3-5-19(16)14-22(28)26-15-21(24)17-6-8-18(9-7-17)23(29)27-20-10-12-25-13-11-20/h2-13,21H,14-15,24H2,1H3,(H,26,28)(H,25,27,29). The van der Waals surface area contributed by atoms with Crippen molar-refractivity contribution in [1.29, 1.82) is 0 Å². The first-order valence-corrected chi connectivity index (χ1v) is 9.41. The molecule has 4 N–H and O–H groups in total. The third-order valence-electron chi connectivity index (χ3n) is 4.67. The molecule has 0 radical (unpaired) electrons. The fourth-order valence-electron chi connectivity index (χ4n) is 2.91. The Balaban J connectivity index is 1.52. The lowest BCUT2D eigenvalue weighted by Gasteiger charge is -2.14. The zero-order valence-electron chi connectivity index (χ0n) is 16.3. The number of carbonyl (C=O) groups excluding carboxylic acids is 2. The van der Waals surface area contributed by atoms with Gasteiger partial charge in [0.25, 0.3) is 5.91 Å². The summed E-state index contributed by atoms with van der Waals surface area (Å²) in [5, 5.41) is 5.69. The lowest BCUT2D eigenvalue weighted by atomic mass is 10.0. The molecule has 1 atom stereocenters. The van der Waals surface area contributed by atoms with Crippen molar-refractivity contribution in [3.63, 3.8) is 0 Å². The molecule has 2 aromatic carbocycles. The van der Waals surface area contributed by atoms with E-state index >= 15 is 0 Å². The second-order valence-corrected chi connectivity index (χ2v) is 6.83. The van der Waals surface area contributed by atoms with Crippen molar-refractivity contribution in [1.82, 2.24) is 10.3 Å². The van der Waals surface area contributed by atoms with E-state index in [1.54, 1.807) is 48.8 Å². The van der Waals surface area contributed by atoms with Gasteiger partial charge in [-0.3, -0.25) is 14.6 Å². The quantitative estimate of drug-likeness (QED) is 0.580. The molecule has 29 heavy (non-hydrogen) atoms. The molecule has 1 unspecified atom stereocenters. The third kappa shape index (κ3) is 5.73. The molecule has 0 fully saturated rings. The van der Waals surface area contributed by atoms with Gasteiger partial charge in [0.2, 0.25) is 5.91 Å². The van der Waals surface area contributed by atoms with Crippen LogP contribution in [0.15, 0.2) is 73.1 Å². The lowest BCUT2D eigenvalue weighted by Crippen LogP contribution is -2.33. The Hall–Kier alpha value is -3.51. The average molecular weight is 388 g/mol. The van der Waals surface area contributed by atoms with Crippen LogP contribution in [0.5, 0.6) is 0 Å². The number of carbonyl (C=O) groups is 2. The first kappa shape index (κ1) is 20.2. The number of nitrogens with two attached hydrogens (primary N) is 1. The molecule has 2 amide bonds. The van der Waals surface area contributed by atoms with E-state index in [2.05, 4.69) is 15.6 Å². The minimum atomic E-state index is -0.354. The molecular formula is C23H24N4O2. The van der Waals surface area contributed by atoms with E-state index in [0.29, 0.717) is 24.2 Å². The Bertz CT molecular complexity index is 972. The number of benzene rings is 2. The second-order valence-electron chi connectivity index (χ2n) is 6.83. The van der Waals surface area contributed by atoms with Crippen molar-refractivity contribution in [2.24, 2.45) is 5.73 Å². The summed E-state index contributed by atoms with van der Waals surface area (Å²) in [6.45, 7) is 2.31. The normalized spacial score (nSPS) is 11.5. The molecule has 0 saturated carbocycles. The number of rotatable bonds is 7. The molecule has 0 aliphatic rings. The maximum atomic E-state index is 12.3. The highest BCUT2D eigenvalue weighted by Gasteiger charge is 2.11. The van der Waals surface area contributed by atoms with Crippen LogP contribution >= 0.6 is 0 Å². The highest BCUT2D eigenvalue weighted by atomic mass is 16.2. The van der Waals surface area contributed by atoms with Gasteiger partial charge in [0.05, 0.1) is 6.42 Å². The Morgan fingerprint density at radius 1 is 1.00 bits per heavy atom. The summed E-state index contributed by atoms with van der Waals surface area (Å²) in [6.07, 6.45) is 3.56. The monoisotopic (exact) mass is 388 g/mol. The summed E-state index contributed by atoms with van der Waals surface area (Å²) < 4.78 is 0. The highest BCUT2D eigenvalue weighted by molar-refractivity contribution is 6.04. The summed E-state index contributed by atoms with van der Waals surface area (Å²) in [4.78, 5) is 28.4. The van der Waals surface area contributed by atoms with Crippen molar-refractivity contribution in [3.05, 3.63) is 95.3 Å². The van der Waals surface area contributed by atoms with Gasteiger partial charge in [0, 0.05) is 36.2 Å². The van der Waals surface area contributed by atoms with Crippen LogP contribution in [0.1, 0.15) is 33.1 Å². The minimum Gasteiger partial charge on any atom is -0.354 e. The molecule has 148 valence electrons. The van der Waals surface area contributed by atoms with Crippen molar-refractivity contribution < 1.29 is 9.59 Å². The van der Waals surface area contributed by atoms with Crippen LogP contribution < -0.4 is 16.4 Å². The summed E-state index contributed by atoms with van der Waals surface area (Å²) in [5.74, 6) is -0.272. The predicted molar refractivity (Wildman–Crippen MR) is 113 cm³/mol. The Kier molecular flexibility index (Phi) is 6.71. The van der Waals surface area contributed by atoms with E-state index in [9.17, 15) is 9.59 Å². The number of aryl methyl sites for hydroxylation is 1. The molecule has 3 rings (SSSR count). The van der Waals surface area contributed by atoms with Crippen molar-refractivity contribution >= 4 is 17.5 Å². The number of hydrogen-bond donors (Lipinski definition) is 3. The number of anilines is 1. The van der Waals surface area contributed by atoms with Gasteiger partial charge in [0.15, 0.2) is 0 Å². The molecule has 0 bridgehead atoms. The van der Waals surface area contributed by atoms with Crippen LogP contribution in [0, 0.1) is 6.92 Å². The molecule has 0 aliphatic carbocycles. The summed E-state index contributed by atoms with van der Waals surface area (Å²) in [6, 6.07) is 18.0. The number of nitrogens with one attached hydrogen (secondary N) is 2. The van der Waals surface area contributed by atoms with Crippen molar-refractivity contribution in [2.45, 2.75) is 19.4 Å². The van der Waals surface area contributed by atoms with Crippen LogP contribution in [0.4, 0.5) is 5.69 Å². The molecule has 1 heterocycles. The van der Waals surface area contributed by atoms with Crippen LogP contribution in [0.2, 0.25) is 0 Å². The summed E-state index contributed by atoms with van der Waals surface area (Å²) >= 11 is 0. The minimum absolute atomic E-state index is 0.0666. The number of hydrogen-bond acceptors (Lipinski definition) is 4. The van der Waals surface area contributed by atoms with Gasteiger partial charge in [0.1, 0.15) is 0 Å². The lowest BCUT2D eigenvalue weighted by molar-refractivity contribution is -0.120. The zero-order valence-corrected chi connectivity index (χ0v) is 16.3. The van der Waals surface area contributed by atoms with Crippen LogP contribution in [0.25, 0.3) is 0 Å². The van der Waals surface area contributed by atoms with Crippen LogP contribution in [-0.2, 0) is 11.2 Å². The molecule has 3 aromatic rings. The van der Waals surface area contributed by atoms with E-state index in [0.717, 1.165) is 16.7 Å². The van der Waals surface area contributed by atoms with E-state index in [-0.39, 0.29) is 17.9 Å². The number of amides is 2. The molecule has 0 spiro atoms. The Morgan fingerprint density at radius 2 is 1.69 bits per heavy atom. The maximum Gasteiger partial charge on any atom is 0.255 e. The summed E-state index contributed by atoms with van der Waals surface area (Å²) in [7, 11) is 0. The smallest absolute Gasteiger partial charge is 0.255 e. The van der Waals surface area contributed by atoms with E-state index in [1.165, 1.54) is 0 Å². The molecule has 6 nitrogen and oxygen atoms in total. The van der Waals surface area contributed by atoms with Gasteiger partial charge < -0.3 is 16.4 Å². The van der Waals surface area contributed by atoms with Crippen LogP contribution in [-0.4, -0.2) is 23.3 Å². The largest absolute Gasteiger partial charge is 0.354 e. The maximum absolute atomic E-state index is 12.3. The first-order chi connectivity index (χ1) is 14.0. The zero-order chi connectivity index (χ0) is 20.6. The number of aromatic nitrogens is 1. The van der Waals surface area contributed by atoms with Crippen molar-refractivity contribution in [3.8, 4) is 0 Å². The van der Waals surface area contributed by atoms with E-state index in [4.69, 9.17) is 5.73 Å². The summed E-state index contributed by atoms with van der Waals surface area (Å²) in [5.41, 5.74) is 10.3. The molecule has 0 aliphatic heterocycles. The fourth-order valence-corrected chi connectivity index (χ4v) is 2.91. The number of pyridine rings is 1. The van der Waals surface area contributed by atoms with Gasteiger partial charge in [-0.15, -0.1) is 0 Å². The SMILES string of the molecule is Cc1ccccc1CC(=O)NCC(N)c1ccc(C(=O)Nc2ccncc2)cc1. The highest BCUT2D eigenvalue weighted by Crippen LogP contribution is 2.13. The Morgan fingerprint density at radius 3 is 2.38 bits per heavy atom. The van der Waals surface area contributed by atoms with Gasteiger partial charge in [-0.25, -0.2) is 0 Å². The van der Waals surface area contributed by atoms with Gasteiger partial charge in [-0.1, -0.05) is 36.4 Å². The van der Waals surface area contributed by atoms with Gasteiger partial charge in [-0.05, 0) is 47.9 Å². The molecular weight excluding hydrogens is 364 g/mol. The van der Waals surface area contributed by atoms with E-state index < -0.39 is 0 Å².